The number of piperidine rings is 1. The van der Waals surface area contributed by atoms with Gasteiger partial charge in [0.25, 0.3) is 0 Å². The van der Waals surface area contributed by atoms with Crippen LogP contribution in [0, 0.1) is 5.92 Å². The maximum absolute atomic E-state index is 12.3. The van der Waals surface area contributed by atoms with E-state index in [4.69, 9.17) is 10.5 Å². The average molecular weight is 276 g/mol. The van der Waals surface area contributed by atoms with E-state index < -0.39 is 0 Å². The Morgan fingerprint density at radius 2 is 2.15 bits per heavy atom. The van der Waals surface area contributed by atoms with E-state index >= 15 is 0 Å². The molecule has 0 spiro atoms. The van der Waals surface area contributed by atoms with Crippen molar-refractivity contribution in [3.8, 4) is 5.75 Å². The summed E-state index contributed by atoms with van der Waals surface area (Å²) >= 11 is 0. The van der Waals surface area contributed by atoms with Crippen LogP contribution < -0.4 is 10.5 Å². The summed E-state index contributed by atoms with van der Waals surface area (Å²) in [6, 6.07) is 7.47. The number of nitrogens with two attached hydrogens (primary N) is 1. The minimum absolute atomic E-state index is 0.0143. The molecule has 0 bridgehead atoms. The summed E-state index contributed by atoms with van der Waals surface area (Å²) in [6.45, 7) is 1.13. The van der Waals surface area contributed by atoms with Crippen LogP contribution in [-0.2, 0) is 16.0 Å². The minimum Gasteiger partial charge on any atom is -0.496 e. The van der Waals surface area contributed by atoms with Crippen LogP contribution in [0.25, 0.3) is 0 Å². The number of primary amides is 1. The Balaban J connectivity index is 2.02. The number of para-hydroxylation sites is 1. The molecule has 5 nitrogen and oxygen atoms in total. The second-order valence-electron chi connectivity index (χ2n) is 5.07. The molecule has 1 unspecified atom stereocenters. The Kier molecular flexibility index (Phi) is 4.61. The normalized spacial score (nSPS) is 18.6. The van der Waals surface area contributed by atoms with E-state index in [1.165, 1.54) is 0 Å². The molecule has 20 heavy (non-hydrogen) atoms. The number of methoxy groups -OCH3 is 1. The van der Waals surface area contributed by atoms with E-state index in [2.05, 4.69) is 0 Å². The second-order valence-corrected chi connectivity index (χ2v) is 5.07. The average Bonchev–Trinajstić information content (AvgIpc) is 2.48. The summed E-state index contributed by atoms with van der Waals surface area (Å²) in [7, 11) is 1.59. The van der Waals surface area contributed by atoms with Crippen molar-refractivity contribution in [2.45, 2.75) is 19.3 Å². The number of likely N-dealkylation sites (tertiary alicyclic amines) is 1. The second kappa shape index (κ2) is 6.41. The van der Waals surface area contributed by atoms with Gasteiger partial charge >= 0.3 is 0 Å². The lowest BCUT2D eigenvalue weighted by Crippen LogP contribution is -2.44. The van der Waals surface area contributed by atoms with Crippen LogP contribution in [0.3, 0.4) is 0 Å². The van der Waals surface area contributed by atoms with Gasteiger partial charge in [-0.05, 0) is 18.9 Å². The van der Waals surface area contributed by atoms with Gasteiger partial charge in [-0.2, -0.15) is 0 Å². The number of carbonyl (C=O) groups excluding carboxylic acids is 2. The molecule has 1 heterocycles. The van der Waals surface area contributed by atoms with E-state index in [1.807, 2.05) is 24.3 Å². The zero-order chi connectivity index (χ0) is 14.5. The van der Waals surface area contributed by atoms with Crippen LogP contribution in [0.5, 0.6) is 5.75 Å². The van der Waals surface area contributed by atoms with Gasteiger partial charge in [-0.3, -0.25) is 9.59 Å². The Morgan fingerprint density at radius 3 is 2.85 bits per heavy atom. The summed E-state index contributed by atoms with van der Waals surface area (Å²) in [6.07, 6.45) is 1.88. The molecule has 0 saturated carbocycles. The molecule has 2 rings (SSSR count). The summed E-state index contributed by atoms with van der Waals surface area (Å²) in [4.78, 5) is 25.3. The number of rotatable bonds is 4. The molecule has 1 aromatic carbocycles. The number of ether oxygens (including phenoxy) is 1. The summed E-state index contributed by atoms with van der Waals surface area (Å²) in [5.74, 6) is 0.190. The largest absolute Gasteiger partial charge is 0.496 e. The quantitative estimate of drug-likeness (QED) is 0.890. The van der Waals surface area contributed by atoms with Crippen molar-refractivity contribution in [3.63, 3.8) is 0 Å². The monoisotopic (exact) mass is 276 g/mol. The Hall–Kier alpha value is -2.04. The first-order valence-corrected chi connectivity index (χ1v) is 6.80. The van der Waals surface area contributed by atoms with Crippen LogP contribution >= 0.6 is 0 Å². The van der Waals surface area contributed by atoms with Gasteiger partial charge < -0.3 is 15.4 Å². The van der Waals surface area contributed by atoms with Gasteiger partial charge in [-0.25, -0.2) is 0 Å². The van der Waals surface area contributed by atoms with Gasteiger partial charge in [0, 0.05) is 18.7 Å². The molecule has 108 valence electrons. The van der Waals surface area contributed by atoms with E-state index in [-0.39, 0.29) is 24.2 Å². The number of amides is 2. The van der Waals surface area contributed by atoms with Gasteiger partial charge in [0.15, 0.2) is 0 Å². The third kappa shape index (κ3) is 3.29. The highest BCUT2D eigenvalue weighted by Gasteiger charge is 2.27. The number of hydrogen-bond acceptors (Lipinski definition) is 3. The predicted molar refractivity (Wildman–Crippen MR) is 75.2 cm³/mol. The van der Waals surface area contributed by atoms with Gasteiger partial charge in [-0.1, -0.05) is 18.2 Å². The molecule has 1 atom stereocenters. The third-order valence-corrected chi connectivity index (χ3v) is 3.71. The molecule has 0 aliphatic carbocycles. The van der Waals surface area contributed by atoms with Gasteiger partial charge in [0.2, 0.25) is 11.8 Å². The van der Waals surface area contributed by atoms with Crippen LogP contribution in [0.15, 0.2) is 24.3 Å². The molecule has 5 heteroatoms. The summed E-state index contributed by atoms with van der Waals surface area (Å²) in [5.41, 5.74) is 6.19. The fraction of sp³-hybridized carbons (Fsp3) is 0.467. The number of carbonyl (C=O) groups is 2. The molecule has 1 aromatic rings. The zero-order valence-corrected chi connectivity index (χ0v) is 11.7. The van der Waals surface area contributed by atoms with Gasteiger partial charge in [0.1, 0.15) is 5.75 Å². The smallest absolute Gasteiger partial charge is 0.227 e. The van der Waals surface area contributed by atoms with E-state index in [0.717, 1.165) is 18.4 Å². The van der Waals surface area contributed by atoms with Crippen LogP contribution in [0.4, 0.5) is 0 Å². The maximum atomic E-state index is 12.3. The van der Waals surface area contributed by atoms with Crippen molar-refractivity contribution in [1.29, 1.82) is 0 Å². The predicted octanol–water partition coefficient (Wildman–Crippen LogP) is 0.962. The van der Waals surface area contributed by atoms with Crippen molar-refractivity contribution in [2.75, 3.05) is 20.2 Å². The molecular weight excluding hydrogens is 256 g/mol. The topological polar surface area (TPSA) is 72.6 Å². The summed E-state index contributed by atoms with van der Waals surface area (Å²) < 4.78 is 5.25. The van der Waals surface area contributed by atoms with Crippen molar-refractivity contribution in [3.05, 3.63) is 29.8 Å². The first-order chi connectivity index (χ1) is 9.61. The van der Waals surface area contributed by atoms with Crippen LogP contribution in [0.1, 0.15) is 18.4 Å². The SMILES string of the molecule is COc1ccccc1CC(=O)N1CCCC(C(N)=O)C1. The molecule has 1 saturated heterocycles. The Morgan fingerprint density at radius 1 is 1.40 bits per heavy atom. The fourth-order valence-electron chi connectivity index (χ4n) is 2.56. The molecule has 2 amide bonds. The maximum Gasteiger partial charge on any atom is 0.227 e. The first kappa shape index (κ1) is 14.4. The third-order valence-electron chi connectivity index (χ3n) is 3.71. The van der Waals surface area contributed by atoms with Crippen molar-refractivity contribution in [2.24, 2.45) is 11.7 Å². The van der Waals surface area contributed by atoms with Gasteiger partial charge in [-0.15, -0.1) is 0 Å². The molecular formula is C15H20N2O3. The highest BCUT2D eigenvalue weighted by molar-refractivity contribution is 5.82. The lowest BCUT2D eigenvalue weighted by atomic mass is 9.97. The number of benzene rings is 1. The Labute approximate surface area is 118 Å². The van der Waals surface area contributed by atoms with Crippen molar-refractivity contribution < 1.29 is 14.3 Å². The standard InChI is InChI=1S/C15H20N2O3/c1-20-13-7-3-2-5-11(13)9-14(18)17-8-4-6-12(10-17)15(16)19/h2-3,5,7,12H,4,6,8-10H2,1H3,(H2,16,19). The number of hydrogen-bond donors (Lipinski definition) is 1. The highest BCUT2D eigenvalue weighted by Crippen LogP contribution is 2.21. The molecule has 1 fully saturated rings. The van der Waals surface area contributed by atoms with Crippen molar-refractivity contribution >= 4 is 11.8 Å². The van der Waals surface area contributed by atoms with E-state index in [9.17, 15) is 9.59 Å². The summed E-state index contributed by atoms with van der Waals surface area (Å²) in [5, 5.41) is 0. The minimum atomic E-state index is -0.320. The lowest BCUT2D eigenvalue weighted by molar-refractivity contribution is -0.134. The number of nitrogens with zero attached hydrogens (tertiary/aromatic N) is 1. The lowest BCUT2D eigenvalue weighted by Gasteiger charge is -2.31. The molecule has 1 aliphatic heterocycles. The molecule has 1 aliphatic rings. The van der Waals surface area contributed by atoms with E-state index in [0.29, 0.717) is 18.8 Å². The molecule has 2 N–H and O–H groups in total. The Bertz CT molecular complexity index is 502. The van der Waals surface area contributed by atoms with Crippen LogP contribution in [0.2, 0.25) is 0 Å². The fourth-order valence-corrected chi connectivity index (χ4v) is 2.56. The van der Waals surface area contributed by atoms with Gasteiger partial charge in [0.05, 0.1) is 19.4 Å². The zero-order valence-electron chi connectivity index (χ0n) is 11.7. The van der Waals surface area contributed by atoms with Crippen molar-refractivity contribution in [1.82, 2.24) is 4.90 Å². The molecule has 0 aromatic heterocycles. The molecule has 0 radical (unpaired) electrons. The first-order valence-electron chi connectivity index (χ1n) is 6.80. The van der Waals surface area contributed by atoms with E-state index in [1.54, 1.807) is 12.0 Å². The van der Waals surface area contributed by atoms with Crippen LogP contribution in [-0.4, -0.2) is 36.9 Å². The highest BCUT2D eigenvalue weighted by atomic mass is 16.5.